The van der Waals surface area contributed by atoms with E-state index in [-0.39, 0.29) is 29.7 Å². The lowest BCUT2D eigenvalue weighted by Crippen LogP contribution is -2.36. The number of carbonyl (C=O) groups excluding carboxylic acids is 3. The Balaban J connectivity index is 1.10. The van der Waals surface area contributed by atoms with Crippen molar-refractivity contribution in [3.05, 3.63) is 71.3 Å². The number of likely N-dealkylation sites (tertiary alicyclic amines) is 2. The smallest absolute Gasteiger partial charge is 0.253 e. The molecule has 0 bridgehead atoms. The second kappa shape index (κ2) is 9.38. The molecule has 6 heteroatoms. The van der Waals surface area contributed by atoms with Crippen molar-refractivity contribution in [3.63, 3.8) is 0 Å². The van der Waals surface area contributed by atoms with Crippen molar-refractivity contribution in [1.29, 1.82) is 0 Å². The third kappa shape index (κ3) is 4.95. The molecule has 2 saturated heterocycles. The molecule has 2 aromatic carbocycles. The molecule has 1 unspecified atom stereocenters. The van der Waals surface area contributed by atoms with Crippen molar-refractivity contribution in [1.82, 2.24) is 15.1 Å². The molecular weight excluding hydrogens is 414 g/mol. The van der Waals surface area contributed by atoms with Crippen LogP contribution in [-0.2, 0) is 11.2 Å². The number of carbonyl (C=O) groups is 3. The Kier molecular flexibility index (Phi) is 6.16. The van der Waals surface area contributed by atoms with Crippen molar-refractivity contribution >= 4 is 17.7 Å². The Morgan fingerprint density at radius 2 is 1.45 bits per heavy atom. The van der Waals surface area contributed by atoms with E-state index >= 15 is 0 Å². The highest BCUT2D eigenvalue weighted by atomic mass is 16.2. The van der Waals surface area contributed by atoms with E-state index in [1.54, 1.807) is 29.2 Å². The van der Waals surface area contributed by atoms with Gasteiger partial charge in [0.2, 0.25) is 5.91 Å². The lowest BCUT2D eigenvalue weighted by atomic mass is 10.1. The van der Waals surface area contributed by atoms with Gasteiger partial charge in [0.15, 0.2) is 0 Å². The van der Waals surface area contributed by atoms with Gasteiger partial charge in [-0.15, -0.1) is 0 Å². The predicted molar refractivity (Wildman–Crippen MR) is 126 cm³/mol. The Morgan fingerprint density at radius 1 is 0.818 bits per heavy atom. The summed E-state index contributed by atoms with van der Waals surface area (Å²) in [6.07, 6.45) is 4.83. The summed E-state index contributed by atoms with van der Waals surface area (Å²) in [7, 11) is 0. The summed E-state index contributed by atoms with van der Waals surface area (Å²) in [6, 6.07) is 17.6. The van der Waals surface area contributed by atoms with Crippen molar-refractivity contribution < 1.29 is 14.4 Å². The van der Waals surface area contributed by atoms with Gasteiger partial charge >= 0.3 is 0 Å². The summed E-state index contributed by atoms with van der Waals surface area (Å²) < 4.78 is 0. The molecule has 2 aliphatic heterocycles. The van der Waals surface area contributed by atoms with Gasteiger partial charge in [-0.05, 0) is 67.9 Å². The van der Waals surface area contributed by atoms with Crippen molar-refractivity contribution in [3.8, 4) is 0 Å². The van der Waals surface area contributed by atoms with Crippen LogP contribution >= 0.6 is 0 Å². The van der Waals surface area contributed by atoms with E-state index in [2.05, 4.69) is 17.4 Å². The summed E-state index contributed by atoms with van der Waals surface area (Å²) in [6.45, 7) is 2.66. The van der Waals surface area contributed by atoms with Crippen LogP contribution in [0.5, 0.6) is 0 Å². The first kappa shape index (κ1) is 21.7. The molecule has 5 rings (SSSR count). The van der Waals surface area contributed by atoms with Crippen molar-refractivity contribution in [2.45, 2.75) is 38.1 Å². The molecule has 3 amide bonds. The zero-order valence-corrected chi connectivity index (χ0v) is 18.9. The largest absolute Gasteiger partial charge is 0.353 e. The van der Waals surface area contributed by atoms with Crippen LogP contribution in [0.3, 0.4) is 0 Å². The first-order chi connectivity index (χ1) is 16.1. The van der Waals surface area contributed by atoms with Crippen molar-refractivity contribution in [2.75, 3.05) is 26.2 Å². The predicted octanol–water partition coefficient (Wildman–Crippen LogP) is 3.13. The van der Waals surface area contributed by atoms with Gasteiger partial charge in [-0.3, -0.25) is 14.4 Å². The van der Waals surface area contributed by atoms with Crippen LogP contribution in [0.2, 0.25) is 0 Å². The summed E-state index contributed by atoms with van der Waals surface area (Å²) in [5, 5.41) is 3.19. The van der Waals surface area contributed by atoms with Gasteiger partial charge in [-0.25, -0.2) is 0 Å². The second-order valence-electron chi connectivity index (χ2n) is 9.61. The molecule has 0 aromatic heterocycles. The fraction of sp³-hybridized carbons (Fsp3) is 0.444. The summed E-state index contributed by atoms with van der Waals surface area (Å²) >= 11 is 0. The maximum atomic E-state index is 12.9. The number of amides is 3. The third-order valence-electron chi connectivity index (χ3n) is 7.21. The Morgan fingerprint density at radius 3 is 2.12 bits per heavy atom. The molecule has 6 nitrogen and oxygen atoms in total. The van der Waals surface area contributed by atoms with E-state index in [1.165, 1.54) is 5.56 Å². The fourth-order valence-corrected chi connectivity index (χ4v) is 5.07. The van der Waals surface area contributed by atoms with E-state index in [0.717, 1.165) is 38.8 Å². The molecule has 3 atom stereocenters. The van der Waals surface area contributed by atoms with Crippen LogP contribution in [0.15, 0.2) is 54.6 Å². The Hall–Kier alpha value is -3.15. The van der Waals surface area contributed by atoms with Crippen LogP contribution < -0.4 is 5.32 Å². The molecule has 2 heterocycles. The molecule has 0 spiro atoms. The molecule has 2 aromatic rings. The molecule has 172 valence electrons. The summed E-state index contributed by atoms with van der Waals surface area (Å²) in [5.74, 6) is 0.395. The topological polar surface area (TPSA) is 69.7 Å². The number of nitrogens with zero attached hydrogens (tertiary/aromatic N) is 2. The SMILES string of the molecule is O=C(N[C@H]1CC1Cc1ccccc1)[C@H]1CCN(C(=O)c2ccc(C(=O)N3CCCC3)cc2)C1. The van der Waals surface area contributed by atoms with Crippen molar-refractivity contribution in [2.24, 2.45) is 11.8 Å². The molecule has 1 aliphatic carbocycles. The Bertz CT molecular complexity index is 1010. The number of rotatable bonds is 6. The van der Waals surface area contributed by atoms with E-state index in [0.29, 0.717) is 36.6 Å². The monoisotopic (exact) mass is 445 g/mol. The van der Waals surface area contributed by atoms with Gasteiger partial charge in [0, 0.05) is 43.3 Å². The number of hydrogen-bond donors (Lipinski definition) is 1. The standard InChI is InChI=1S/C27H31N3O3/c31-25(28-24-17-23(24)16-19-6-2-1-3-7-19)22-12-15-30(18-22)27(33)21-10-8-20(9-11-21)26(32)29-13-4-5-14-29/h1-3,6-11,22-24H,4-5,12-18H2,(H,28,31)/t22-,23?,24-/m0/s1. The average molecular weight is 446 g/mol. The Labute approximate surface area is 194 Å². The molecule has 3 aliphatic rings. The van der Waals surface area contributed by atoms with E-state index in [1.807, 2.05) is 23.1 Å². The third-order valence-corrected chi connectivity index (χ3v) is 7.21. The maximum Gasteiger partial charge on any atom is 0.253 e. The minimum Gasteiger partial charge on any atom is -0.353 e. The molecule has 1 saturated carbocycles. The van der Waals surface area contributed by atoms with E-state index in [4.69, 9.17) is 0 Å². The molecular formula is C27H31N3O3. The number of nitrogens with one attached hydrogen (secondary N) is 1. The highest BCUT2D eigenvalue weighted by Gasteiger charge is 2.40. The minimum atomic E-state index is -0.150. The van der Waals surface area contributed by atoms with Crippen LogP contribution in [0.1, 0.15) is 52.0 Å². The molecule has 1 N–H and O–H groups in total. The molecule has 33 heavy (non-hydrogen) atoms. The number of hydrogen-bond acceptors (Lipinski definition) is 3. The lowest BCUT2D eigenvalue weighted by molar-refractivity contribution is -0.124. The van der Waals surface area contributed by atoms with Gasteiger partial charge < -0.3 is 15.1 Å². The highest BCUT2D eigenvalue weighted by Crippen LogP contribution is 2.34. The summed E-state index contributed by atoms with van der Waals surface area (Å²) in [5.41, 5.74) is 2.51. The zero-order chi connectivity index (χ0) is 22.8. The van der Waals surface area contributed by atoms with Gasteiger partial charge in [0.25, 0.3) is 11.8 Å². The first-order valence-corrected chi connectivity index (χ1v) is 12.1. The first-order valence-electron chi connectivity index (χ1n) is 12.1. The summed E-state index contributed by atoms with van der Waals surface area (Å²) in [4.78, 5) is 41.8. The zero-order valence-electron chi connectivity index (χ0n) is 18.9. The fourth-order valence-electron chi connectivity index (χ4n) is 5.07. The van der Waals surface area contributed by atoms with Gasteiger partial charge in [0.05, 0.1) is 5.92 Å². The maximum absolute atomic E-state index is 12.9. The highest BCUT2D eigenvalue weighted by molar-refractivity contribution is 5.98. The van der Waals surface area contributed by atoms with Gasteiger partial charge in [-0.1, -0.05) is 30.3 Å². The van der Waals surface area contributed by atoms with Gasteiger partial charge in [-0.2, -0.15) is 0 Å². The van der Waals surface area contributed by atoms with Crippen LogP contribution in [-0.4, -0.2) is 59.7 Å². The quantitative estimate of drug-likeness (QED) is 0.743. The lowest BCUT2D eigenvalue weighted by Gasteiger charge is -2.18. The van der Waals surface area contributed by atoms with Crippen LogP contribution in [0.25, 0.3) is 0 Å². The normalized spacial score (nSPS) is 24.1. The average Bonchev–Trinajstić information content (AvgIpc) is 3.26. The number of benzene rings is 2. The second-order valence-corrected chi connectivity index (χ2v) is 9.61. The molecule has 3 fully saturated rings. The van der Waals surface area contributed by atoms with Crippen LogP contribution in [0.4, 0.5) is 0 Å². The van der Waals surface area contributed by atoms with E-state index in [9.17, 15) is 14.4 Å². The van der Waals surface area contributed by atoms with Gasteiger partial charge in [0.1, 0.15) is 0 Å². The minimum absolute atomic E-state index is 0.0371. The van der Waals surface area contributed by atoms with Crippen LogP contribution in [0, 0.1) is 11.8 Å². The van der Waals surface area contributed by atoms with E-state index < -0.39 is 0 Å². The molecule has 0 radical (unpaired) electrons.